The second kappa shape index (κ2) is 8.76. The van der Waals surface area contributed by atoms with E-state index in [1.807, 2.05) is 42.6 Å². The van der Waals surface area contributed by atoms with E-state index >= 15 is 0 Å². The molecule has 0 aliphatic carbocycles. The van der Waals surface area contributed by atoms with Crippen molar-refractivity contribution in [2.24, 2.45) is 0 Å². The smallest absolute Gasteiger partial charge is 0.228 e. The summed E-state index contributed by atoms with van der Waals surface area (Å²) in [4.78, 5) is 16.6. The van der Waals surface area contributed by atoms with Crippen molar-refractivity contribution in [1.29, 1.82) is 0 Å². The van der Waals surface area contributed by atoms with Crippen LogP contribution in [-0.2, 0) is 16.0 Å². The van der Waals surface area contributed by atoms with Gasteiger partial charge >= 0.3 is 0 Å². The maximum absolute atomic E-state index is 14.3. The number of carbonyl (C=O) groups is 1. The molecular weight excluding hydrogens is 411 g/mol. The van der Waals surface area contributed by atoms with Crippen LogP contribution in [0.3, 0.4) is 0 Å². The van der Waals surface area contributed by atoms with Crippen LogP contribution in [0.1, 0.15) is 12.0 Å². The topological polar surface area (TPSA) is 77.8 Å². The zero-order valence-electron chi connectivity index (χ0n) is 17.2. The van der Waals surface area contributed by atoms with Crippen LogP contribution < -0.4 is 10.1 Å². The highest BCUT2D eigenvalue weighted by atomic mass is 19.1. The molecule has 8 heteroatoms. The maximum Gasteiger partial charge on any atom is 0.228 e. The molecule has 32 heavy (non-hydrogen) atoms. The number of ether oxygens (including phenoxy) is 2. The quantitative estimate of drug-likeness (QED) is 0.500. The summed E-state index contributed by atoms with van der Waals surface area (Å²) in [7, 11) is 0. The lowest BCUT2D eigenvalue weighted by atomic mass is 10.0. The minimum absolute atomic E-state index is 0.133. The highest BCUT2D eigenvalue weighted by Crippen LogP contribution is 2.25. The number of carbonyl (C=O) groups excluding carboxylic acids is 1. The number of hydrogen-bond donors (Lipinski definition) is 1. The predicted molar refractivity (Wildman–Crippen MR) is 117 cm³/mol. The molecule has 1 aliphatic heterocycles. The van der Waals surface area contributed by atoms with Crippen molar-refractivity contribution < 1.29 is 18.7 Å². The molecule has 3 heterocycles. The van der Waals surface area contributed by atoms with Crippen molar-refractivity contribution >= 4 is 17.2 Å². The summed E-state index contributed by atoms with van der Waals surface area (Å²) in [6.45, 7) is 1.09. The molecule has 1 amide bonds. The van der Waals surface area contributed by atoms with Gasteiger partial charge in [-0.25, -0.2) is 13.9 Å². The third kappa shape index (κ3) is 4.45. The Morgan fingerprint density at radius 3 is 2.81 bits per heavy atom. The van der Waals surface area contributed by atoms with Crippen molar-refractivity contribution in [1.82, 2.24) is 14.6 Å². The van der Waals surface area contributed by atoms with Gasteiger partial charge in [-0.2, -0.15) is 5.10 Å². The van der Waals surface area contributed by atoms with E-state index in [-0.39, 0.29) is 24.2 Å². The lowest BCUT2D eigenvalue weighted by Gasteiger charge is -2.13. The molecule has 4 aromatic rings. The van der Waals surface area contributed by atoms with Crippen LogP contribution in [0.15, 0.2) is 67.1 Å². The monoisotopic (exact) mass is 432 g/mol. The Hall–Kier alpha value is -3.78. The second-order valence-corrected chi connectivity index (χ2v) is 7.65. The van der Waals surface area contributed by atoms with Gasteiger partial charge in [0.2, 0.25) is 5.91 Å². The molecule has 7 nitrogen and oxygen atoms in total. The van der Waals surface area contributed by atoms with Crippen molar-refractivity contribution in [3.63, 3.8) is 0 Å². The van der Waals surface area contributed by atoms with E-state index in [1.165, 1.54) is 18.5 Å². The Bertz CT molecular complexity index is 1250. The lowest BCUT2D eigenvalue weighted by molar-refractivity contribution is -0.115. The number of halogens is 1. The van der Waals surface area contributed by atoms with E-state index in [2.05, 4.69) is 15.4 Å². The normalized spacial score (nSPS) is 15.7. The van der Waals surface area contributed by atoms with Crippen LogP contribution >= 0.6 is 0 Å². The molecule has 0 spiro atoms. The van der Waals surface area contributed by atoms with Gasteiger partial charge in [0.15, 0.2) is 17.2 Å². The maximum atomic E-state index is 14.3. The number of hydrogen-bond acceptors (Lipinski definition) is 5. The number of pyridine rings is 1. The number of aromatic nitrogens is 3. The fourth-order valence-corrected chi connectivity index (χ4v) is 3.66. The largest absolute Gasteiger partial charge is 0.485 e. The first-order valence-electron chi connectivity index (χ1n) is 10.4. The third-order valence-electron chi connectivity index (χ3n) is 5.33. The summed E-state index contributed by atoms with van der Waals surface area (Å²) in [5.74, 6) is -0.568. The van der Waals surface area contributed by atoms with E-state index in [0.29, 0.717) is 18.9 Å². The van der Waals surface area contributed by atoms with Crippen LogP contribution in [0.4, 0.5) is 10.1 Å². The number of benzene rings is 2. The highest BCUT2D eigenvalue weighted by molar-refractivity contribution is 5.92. The molecule has 1 aliphatic rings. The molecule has 0 saturated carbocycles. The van der Waals surface area contributed by atoms with Gasteiger partial charge in [-0.05, 0) is 41.0 Å². The Morgan fingerprint density at radius 2 is 2.03 bits per heavy atom. The van der Waals surface area contributed by atoms with Gasteiger partial charge in [0, 0.05) is 24.4 Å². The summed E-state index contributed by atoms with van der Waals surface area (Å²) in [5.41, 5.74) is 4.05. The average molecular weight is 432 g/mol. The Morgan fingerprint density at radius 1 is 1.16 bits per heavy atom. The first kappa shape index (κ1) is 20.1. The van der Waals surface area contributed by atoms with E-state index in [0.717, 1.165) is 28.8 Å². The van der Waals surface area contributed by atoms with Gasteiger partial charge in [-0.3, -0.25) is 4.79 Å². The zero-order chi connectivity index (χ0) is 21.9. The molecule has 0 radical (unpaired) electrons. The molecule has 2 aromatic carbocycles. The summed E-state index contributed by atoms with van der Waals surface area (Å²) >= 11 is 0. The van der Waals surface area contributed by atoms with Gasteiger partial charge in [0.05, 0.1) is 19.6 Å². The van der Waals surface area contributed by atoms with E-state index in [1.54, 1.807) is 10.6 Å². The number of nitrogens with zero attached hydrogens (tertiary/aromatic N) is 3. The Kier molecular flexibility index (Phi) is 5.51. The standard InChI is InChI=1S/C24H21FN4O3/c25-21-13-19(5-6-22(21)32-20-8-10-31-14-20)28-24(30)11-16-1-3-17(4-2-16)18-7-9-29-23(12-18)26-15-27-29/h1-7,9,12-13,15,20H,8,10-11,14H2,(H,28,30). The van der Waals surface area contributed by atoms with Crippen molar-refractivity contribution in [3.8, 4) is 16.9 Å². The Labute approximate surface area is 183 Å². The first-order valence-corrected chi connectivity index (χ1v) is 10.4. The molecule has 1 fully saturated rings. The SMILES string of the molecule is O=C(Cc1ccc(-c2ccn3ncnc3c2)cc1)Nc1ccc(OC2CCOC2)c(F)c1. The van der Waals surface area contributed by atoms with Crippen molar-refractivity contribution in [2.75, 3.05) is 18.5 Å². The summed E-state index contributed by atoms with van der Waals surface area (Å²) in [6, 6.07) is 16.1. The van der Waals surface area contributed by atoms with Gasteiger partial charge in [0.25, 0.3) is 0 Å². The average Bonchev–Trinajstić information content (AvgIpc) is 3.47. The number of nitrogens with one attached hydrogen (secondary N) is 1. The number of anilines is 1. The number of rotatable bonds is 6. The highest BCUT2D eigenvalue weighted by Gasteiger charge is 2.19. The van der Waals surface area contributed by atoms with Crippen LogP contribution in [0.2, 0.25) is 0 Å². The third-order valence-corrected chi connectivity index (χ3v) is 5.33. The molecule has 0 bridgehead atoms. The van der Waals surface area contributed by atoms with Crippen LogP contribution in [-0.4, -0.2) is 39.8 Å². The molecule has 5 rings (SSSR count). The second-order valence-electron chi connectivity index (χ2n) is 7.65. The van der Waals surface area contributed by atoms with Gasteiger partial charge in [-0.1, -0.05) is 24.3 Å². The molecule has 1 saturated heterocycles. The van der Waals surface area contributed by atoms with Crippen molar-refractivity contribution in [3.05, 3.63) is 78.5 Å². The van der Waals surface area contributed by atoms with Crippen LogP contribution in [0.5, 0.6) is 5.75 Å². The first-order chi connectivity index (χ1) is 15.6. The number of amides is 1. The summed E-state index contributed by atoms with van der Waals surface area (Å²) in [6.07, 6.45) is 4.16. The predicted octanol–water partition coefficient (Wildman–Crippen LogP) is 3.88. The van der Waals surface area contributed by atoms with E-state index in [9.17, 15) is 9.18 Å². The lowest BCUT2D eigenvalue weighted by Crippen LogP contribution is -2.17. The molecule has 162 valence electrons. The van der Waals surface area contributed by atoms with Gasteiger partial charge < -0.3 is 14.8 Å². The Balaban J connectivity index is 1.20. The molecule has 2 aromatic heterocycles. The van der Waals surface area contributed by atoms with E-state index < -0.39 is 5.82 Å². The summed E-state index contributed by atoms with van der Waals surface area (Å²) in [5, 5.41) is 6.83. The molecule has 1 unspecified atom stereocenters. The zero-order valence-corrected chi connectivity index (χ0v) is 17.2. The van der Waals surface area contributed by atoms with Gasteiger partial charge in [0.1, 0.15) is 12.4 Å². The fourth-order valence-electron chi connectivity index (χ4n) is 3.66. The minimum atomic E-state index is -0.510. The fraction of sp³-hybridized carbons (Fsp3) is 0.208. The minimum Gasteiger partial charge on any atom is -0.485 e. The van der Waals surface area contributed by atoms with Crippen LogP contribution in [0.25, 0.3) is 16.8 Å². The number of fused-ring (bicyclic) bond motifs is 1. The van der Waals surface area contributed by atoms with E-state index in [4.69, 9.17) is 9.47 Å². The molecular formula is C24H21FN4O3. The molecule has 1 N–H and O–H groups in total. The molecule has 1 atom stereocenters. The summed E-state index contributed by atoms with van der Waals surface area (Å²) < 4.78 is 26.9. The van der Waals surface area contributed by atoms with Crippen molar-refractivity contribution in [2.45, 2.75) is 18.9 Å². The van der Waals surface area contributed by atoms with Gasteiger partial charge in [-0.15, -0.1) is 0 Å². The van der Waals surface area contributed by atoms with Crippen LogP contribution in [0, 0.1) is 5.82 Å².